The van der Waals surface area contributed by atoms with Gasteiger partial charge in [0.15, 0.2) is 0 Å². The minimum atomic E-state index is 0.186. The zero-order chi connectivity index (χ0) is 13.7. The zero-order valence-electron chi connectivity index (χ0n) is 11.5. The van der Waals surface area contributed by atoms with Crippen LogP contribution in [0.2, 0.25) is 0 Å². The Morgan fingerprint density at radius 3 is 3.11 bits per heavy atom. The number of carbonyl (C=O) groups is 1. The van der Waals surface area contributed by atoms with E-state index in [1.54, 1.807) is 7.11 Å². The van der Waals surface area contributed by atoms with Crippen LogP contribution in [-0.2, 0) is 16.0 Å². The third kappa shape index (κ3) is 3.96. The molecule has 19 heavy (non-hydrogen) atoms. The molecule has 0 aliphatic carbocycles. The highest BCUT2D eigenvalue weighted by molar-refractivity contribution is 5.79. The van der Waals surface area contributed by atoms with Gasteiger partial charge in [-0.25, -0.2) is 0 Å². The minimum absolute atomic E-state index is 0.186. The Morgan fingerprint density at radius 2 is 2.37 bits per heavy atom. The van der Waals surface area contributed by atoms with E-state index in [0.29, 0.717) is 18.0 Å². The lowest BCUT2D eigenvalue weighted by Gasteiger charge is -2.32. The second kappa shape index (κ2) is 6.57. The molecule has 1 aliphatic heterocycles. The summed E-state index contributed by atoms with van der Waals surface area (Å²) in [5, 5.41) is 0. The molecule has 0 saturated carbocycles. The summed E-state index contributed by atoms with van der Waals surface area (Å²) in [6.07, 6.45) is 2.65. The molecule has 1 aliphatic rings. The number of nitrogens with two attached hydrogens (primary N) is 1. The van der Waals surface area contributed by atoms with Crippen LogP contribution in [0, 0.1) is 5.92 Å². The molecule has 1 atom stereocenters. The van der Waals surface area contributed by atoms with Gasteiger partial charge in [-0.15, -0.1) is 0 Å². The van der Waals surface area contributed by atoms with Gasteiger partial charge in [-0.2, -0.15) is 0 Å². The molecule has 0 aromatic heterocycles. The number of likely N-dealkylation sites (tertiary alicyclic amines) is 1. The predicted octanol–water partition coefficient (Wildman–Crippen LogP) is 1.70. The highest BCUT2D eigenvalue weighted by Gasteiger charge is 2.23. The van der Waals surface area contributed by atoms with Gasteiger partial charge in [0.25, 0.3) is 0 Å². The third-order valence-corrected chi connectivity index (χ3v) is 3.58. The van der Waals surface area contributed by atoms with Crippen LogP contribution >= 0.6 is 0 Å². The van der Waals surface area contributed by atoms with Crippen LogP contribution in [0.3, 0.4) is 0 Å². The first-order valence-electron chi connectivity index (χ1n) is 6.80. The maximum Gasteiger partial charge on any atom is 0.227 e. The number of hydrogen-bond donors (Lipinski definition) is 1. The van der Waals surface area contributed by atoms with E-state index in [4.69, 9.17) is 10.5 Å². The molecular formula is C15H22N2O2. The third-order valence-electron chi connectivity index (χ3n) is 3.58. The number of anilines is 1. The fraction of sp³-hybridized carbons (Fsp3) is 0.533. The van der Waals surface area contributed by atoms with E-state index in [1.807, 2.05) is 29.2 Å². The van der Waals surface area contributed by atoms with Gasteiger partial charge in [-0.05, 0) is 36.5 Å². The summed E-state index contributed by atoms with van der Waals surface area (Å²) in [5.41, 5.74) is 7.43. The standard InChI is InChI=1S/C15H22N2O2/c1-19-11-13-5-3-7-17(10-13)15(18)9-12-4-2-6-14(16)8-12/h2,4,6,8,13H,3,5,7,9-11,16H2,1H3. The fourth-order valence-corrected chi connectivity index (χ4v) is 2.65. The van der Waals surface area contributed by atoms with Crippen LogP contribution in [-0.4, -0.2) is 37.6 Å². The second-order valence-electron chi connectivity index (χ2n) is 5.23. The first-order valence-corrected chi connectivity index (χ1v) is 6.80. The van der Waals surface area contributed by atoms with Gasteiger partial charge in [-0.1, -0.05) is 12.1 Å². The summed E-state index contributed by atoms with van der Waals surface area (Å²) in [5.74, 6) is 0.662. The number of benzene rings is 1. The maximum atomic E-state index is 12.3. The van der Waals surface area contributed by atoms with Gasteiger partial charge >= 0.3 is 0 Å². The van der Waals surface area contributed by atoms with Crippen molar-refractivity contribution in [2.24, 2.45) is 5.92 Å². The molecule has 1 saturated heterocycles. The molecule has 1 amide bonds. The summed E-state index contributed by atoms with van der Waals surface area (Å²) in [6.45, 7) is 2.42. The molecule has 1 heterocycles. The largest absolute Gasteiger partial charge is 0.399 e. The van der Waals surface area contributed by atoms with E-state index >= 15 is 0 Å². The first kappa shape index (κ1) is 13.9. The number of rotatable bonds is 4. The van der Waals surface area contributed by atoms with E-state index in [9.17, 15) is 4.79 Å². The summed E-state index contributed by atoms with van der Waals surface area (Å²) in [4.78, 5) is 14.2. The zero-order valence-corrected chi connectivity index (χ0v) is 11.5. The lowest BCUT2D eigenvalue weighted by Crippen LogP contribution is -2.41. The number of hydrogen-bond acceptors (Lipinski definition) is 3. The number of nitrogens with zero attached hydrogens (tertiary/aromatic N) is 1. The van der Waals surface area contributed by atoms with Crippen molar-refractivity contribution in [3.63, 3.8) is 0 Å². The molecule has 1 unspecified atom stereocenters. The number of amides is 1. The number of methoxy groups -OCH3 is 1. The Kier molecular flexibility index (Phi) is 4.80. The van der Waals surface area contributed by atoms with Crippen molar-refractivity contribution in [3.8, 4) is 0 Å². The van der Waals surface area contributed by atoms with Gasteiger partial charge in [0.05, 0.1) is 13.0 Å². The molecule has 0 spiro atoms. The lowest BCUT2D eigenvalue weighted by atomic mass is 9.98. The average molecular weight is 262 g/mol. The maximum absolute atomic E-state index is 12.3. The van der Waals surface area contributed by atoms with Gasteiger partial charge in [0.2, 0.25) is 5.91 Å². The molecule has 1 aromatic carbocycles. The Balaban J connectivity index is 1.92. The van der Waals surface area contributed by atoms with Crippen molar-refractivity contribution in [2.45, 2.75) is 19.3 Å². The van der Waals surface area contributed by atoms with Gasteiger partial charge < -0.3 is 15.4 Å². The second-order valence-corrected chi connectivity index (χ2v) is 5.23. The topological polar surface area (TPSA) is 55.6 Å². The van der Waals surface area contributed by atoms with E-state index in [-0.39, 0.29) is 5.91 Å². The summed E-state index contributed by atoms with van der Waals surface area (Å²) in [6, 6.07) is 7.55. The van der Waals surface area contributed by atoms with E-state index in [1.165, 1.54) is 0 Å². The van der Waals surface area contributed by atoms with Crippen LogP contribution < -0.4 is 5.73 Å². The van der Waals surface area contributed by atoms with Crippen LogP contribution in [0.5, 0.6) is 0 Å². The van der Waals surface area contributed by atoms with Crippen molar-refractivity contribution < 1.29 is 9.53 Å². The highest BCUT2D eigenvalue weighted by atomic mass is 16.5. The summed E-state index contributed by atoms with van der Waals surface area (Å²) < 4.78 is 5.19. The molecule has 4 nitrogen and oxygen atoms in total. The molecule has 2 N–H and O–H groups in total. The molecule has 4 heteroatoms. The summed E-state index contributed by atoms with van der Waals surface area (Å²) in [7, 11) is 1.72. The quantitative estimate of drug-likeness (QED) is 0.840. The fourth-order valence-electron chi connectivity index (χ4n) is 2.65. The molecule has 104 valence electrons. The Labute approximate surface area is 114 Å². The molecule has 1 fully saturated rings. The van der Waals surface area contributed by atoms with Crippen LogP contribution in [0.1, 0.15) is 18.4 Å². The molecule has 0 radical (unpaired) electrons. The average Bonchev–Trinajstić information content (AvgIpc) is 2.39. The van der Waals surface area contributed by atoms with Crippen molar-refractivity contribution >= 4 is 11.6 Å². The normalized spacial score (nSPS) is 19.4. The Hall–Kier alpha value is -1.55. The number of nitrogen functional groups attached to an aromatic ring is 1. The highest BCUT2D eigenvalue weighted by Crippen LogP contribution is 2.18. The molecular weight excluding hydrogens is 240 g/mol. The first-order chi connectivity index (χ1) is 9.19. The van der Waals surface area contributed by atoms with Crippen LogP contribution in [0.15, 0.2) is 24.3 Å². The van der Waals surface area contributed by atoms with E-state index < -0.39 is 0 Å². The van der Waals surface area contributed by atoms with Gasteiger partial charge in [0, 0.05) is 25.9 Å². The van der Waals surface area contributed by atoms with Gasteiger partial charge in [-0.3, -0.25) is 4.79 Å². The predicted molar refractivity (Wildman–Crippen MR) is 75.7 cm³/mol. The van der Waals surface area contributed by atoms with Crippen molar-refractivity contribution in [1.29, 1.82) is 0 Å². The number of ether oxygens (including phenoxy) is 1. The number of carbonyl (C=O) groups excluding carboxylic acids is 1. The lowest BCUT2D eigenvalue weighted by molar-refractivity contribution is -0.132. The van der Waals surface area contributed by atoms with Gasteiger partial charge in [0.1, 0.15) is 0 Å². The van der Waals surface area contributed by atoms with Crippen molar-refractivity contribution in [2.75, 3.05) is 32.5 Å². The monoisotopic (exact) mass is 262 g/mol. The molecule has 2 rings (SSSR count). The molecule has 1 aromatic rings. The Morgan fingerprint density at radius 1 is 1.53 bits per heavy atom. The SMILES string of the molecule is COCC1CCCN(C(=O)Cc2cccc(N)c2)C1. The van der Waals surface area contributed by atoms with Crippen molar-refractivity contribution in [3.05, 3.63) is 29.8 Å². The Bertz CT molecular complexity index is 432. The molecule has 0 bridgehead atoms. The number of piperidine rings is 1. The minimum Gasteiger partial charge on any atom is -0.399 e. The van der Waals surface area contributed by atoms with Crippen LogP contribution in [0.25, 0.3) is 0 Å². The smallest absolute Gasteiger partial charge is 0.227 e. The van der Waals surface area contributed by atoms with Crippen molar-refractivity contribution in [1.82, 2.24) is 4.90 Å². The van der Waals surface area contributed by atoms with E-state index in [0.717, 1.165) is 38.1 Å². The van der Waals surface area contributed by atoms with E-state index in [2.05, 4.69) is 0 Å². The summed E-state index contributed by atoms with van der Waals surface area (Å²) >= 11 is 0. The van der Waals surface area contributed by atoms with Crippen LogP contribution in [0.4, 0.5) is 5.69 Å².